The third kappa shape index (κ3) is 16.0. The van der Waals surface area contributed by atoms with Gasteiger partial charge < -0.3 is 74.2 Å². The highest BCUT2D eigenvalue weighted by molar-refractivity contribution is 8.76. The molecule has 3 aliphatic heterocycles. The van der Waals surface area contributed by atoms with Crippen molar-refractivity contribution in [3.8, 4) is 0 Å². The highest BCUT2D eigenvalue weighted by Crippen LogP contribution is 2.27. The van der Waals surface area contributed by atoms with E-state index in [9.17, 15) is 63.3 Å². The molecule has 11 atom stereocenters. The zero-order valence-electron chi connectivity index (χ0n) is 37.8. The van der Waals surface area contributed by atoms with E-state index in [1.165, 1.54) is 16.7 Å². The van der Waals surface area contributed by atoms with E-state index in [0.29, 0.717) is 38.6 Å². The van der Waals surface area contributed by atoms with Crippen molar-refractivity contribution in [3.63, 3.8) is 0 Å². The first kappa shape index (κ1) is 55.6. The summed E-state index contributed by atoms with van der Waals surface area (Å²) in [5.41, 5.74) is 13.0. The maximum Gasteiger partial charge on any atom is 0.327 e. The van der Waals surface area contributed by atoms with E-state index in [1.807, 2.05) is 0 Å². The molecular weight excluding hydrogens is 907 g/mol. The number of quaternary nitrogens is 2. The van der Waals surface area contributed by atoms with E-state index in [2.05, 4.69) is 43.4 Å². The minimum absolute atomic E-state index is 0.0262. The summed E-state index contributed by atoms with van der Waals surface area (Å²) in [6.45, 7) is 4.60. The number of aliphatic hydroxyl groups excluding tert-OH is 2. The van der Waals surface area contributed by atoms with Gasteiger partial charge >= 0.3 is 5.97 Å². The Morgan fingerprint density at radius 2 is 1.27 bits per heavy atom. The van der Waals surface area contributed by atoms with Crippen LogP contribution in [0.4, 0.5) is 0 Å². The molecule has 0 aromatic heterocycles. The average molecular weight is 976 g/mol. The molecule has 3 fully saturated rings. The van der Waals surface area contributed by atoms with E-state index in [-0.39, 0.29) is 56.7 Å². The van der Waals surface area contributed by atoms with E-state index in [1.54, 1.807) is 13.8 Å². The van der Waals surface area contributed by atoms with Gasteiger partial charge in [-0.3, -0.25) is 43.2 Å². The molecule has 3 rings (SSSR count). The van der Waals surface area contributed by atoms with Crippen LogP contribution in [0.25, 0.3) is 0 Å². The van der Waals surface area contributed by atoms with Crippen LogP contribution in [-0.4, -0.2) is 182 Å². The summed E-state index contributed by atoms with van der Waals surface area (Å²) in [6.07, 6.45) is 0.505. The number of nitrogens with zero attached hydrogens (tertiary/aromatic N) is 2. The lowest BCUT2D eigenvalue weighted by molar-refractivity contribution is -0.396. The Hall–Kier alpha value is -4.76. The summed E-state index contributed by atoms with van der Waals surface area (Å²) in [6, 6.07) is -11.8. The van der Waals surface area contributed by atoms with Gasteiger partial charge in [-0.15, -0.1) is 0 Å². The second-order valence-electron chi connectivity index (χ2n) is 16.9. The molecule has 66 heavy (non-hydrogen) atoms. The van der Waals surface area contributed by atoms with Gasteiger partial charge in [0, 0.05) is 25.3 Å². The van der Waals surface area contributed by atoms with E-state index in [0.717, 1.165) is 21.6 Å². The number of fused-ring (bicyclic) bond motifs is 2. The third-order valence-corrected chi connectivity index (χ3v) is 14.3. The van der Waals surface area contributed by atoms with Gasteiger partial charge in [-0.25, -0.2) is 4.79 Å². The number of aliphatic carboxylic acids is 1. The van der Waals surface area contributed by atoms with Gasteiger partial charge in [-0.1, -0.05) is 41.9 Å². The van der Waals surface area contributed by atoms with Gasteiger partial charge in [0.25, 0.3) is 5.91 Å². The number of hydrogen-bond donors (Lipinski definition) is 12. The summed E-state index contributed by atoms with van der Waals surface area (Å²) in [4.78, 5) is 137. The molecule has 0 saturated carbocycles. The Labute approximate surface area is 390 Å². The van der Waals surface area contributed by atoms with Gasteiger partial charge in [0.05, 0.1) is 25.0 Å². The lowest BCUT2D eigenvalue weighted by atomic mass is 9.96. The van der Waals surface area contributed by atoms with Gasteiger partial charge in [0.15, 0.2) is 6.04 Å². The fourth-order valence-corrected chi connectivity index (χ4v) is 10.0. The first-order valence-electron chi connectivity index (χ1n) is 22.4. The number of carbonyl (C=O) groups excluding carboxylic acids is 9. The van der Waals surface area contributed by atoms with Crippen molar-refractivity contribution < 1.29 is 74.7 Å². The maximum atomic E-state index is 14.4. The topological polar surface area (TPSA) is 391 Å². The molecule has 372 valence electrons. The summed E-state index contributed by atoms with van der Waals surface area (Å²) < 4.78 is 0. The zero-order valence-corrected chi connectivity index (χ0v) is 39.4. The monoisotopic (exact) mass is 975 g/mol. The van der Waals surface area contributed by atoms with Crippen LogP contribution >= 0.6 is 21.6 Å². The van der Waals surface area contributed by atoms with Gasteiger partial charge in [-0.05, 0) is 64.2 Å². The van der Waals surface area contributed by atoms with Crippen LogP contribution in [0.2, 0.25) is 0 Å². The lowest BCUT2D eigenvalue weighted by Crippen LogP contribution is -2.71. The number of carboxylic acids is 1. The fraction of sp³-hybridized carbons (Fsp3) is 0.750. The van der Waals surface area contributed by atoms with Crippen molar-refractivity contribution in [3.05, 3.63) is 0 Å². The van der Waals surface area contributed by atoms with Crippen LogP contribution in [0, 0.1) is 5.92 Å². The van der Waals surface area contributed by atoms with Crippen LogP contribution < -0.4 is 49.1 Å². The Bertz CT molecular complexity index is 1760. The quantitative estimate of drug-likeness (QED) is 0.0640. The number of hydrogen-bond acceptors (Lipinski definition) is 14. The van der Waals surface area contributed by atoms with Crippen molar-refractivity contribution in [2.75, 3.05) is 37.7 Å². The zero-order chi connectivity index (χ0) is 49.2. The van der Waals surface area contributed by atoms with Crippen molar-refractivity contribution in [2.24, 2.45) is 11.7 Å². The number of amides is 9. The molecule has 24 nitrogen and oxygen atoms in total. The highest BCUT2D eigenvalue weighted by atomic mass is 33.1. The molecule has 3 aliphatic rings. The van der Waals surface area contributed by atoms with Crippen LogP contribution in [0.3, 0.4) is 0 Å². The second-order valence-corrected chi connectivity index (χ2v) is 19.4. The summed E-state index contributed by atoms with van der Waals surface area (Å²) >= 11 is 0. The smallest absolute Gasteiger partial charge is 0.327 e. The Morgan fingerprint density at radius 1 is 0.727 bits per heavy atom. The summed E-state index contributed by atoms with van der Waals surface area (Å²) in [5, 5.41) is 45.9. The largest absolute Gasteiger partial charge is 0.480 e. The first-order valence-corrected chi connectivity index (χ1v) is 24.8. The van der Waals surface area contributed by atoms with E-state index >= 15 is 0 Å². The Kier molecular flexibility index (Phi) is 22.9. The number of nitrogens with two attached hydrogens (primary N) is 1. The molecule has 0 radical (unpaired) electrons. The molecule has 3 heterocycles. The van der Waals surface area contributed by atoms with Crippen molar-refractivity contribution in [1.82, 2.24) is 41.7 Å². The maximum absolute atomic E-state index is 14.4. The van der Waals surface area contributed by atoms with Gasteiger partial charge in [-0.2, -0.15) is 0 Å². The summed E-state index contributed by atoms with van der Waals surface area (Å²) in [7, 11) is 2.00. The predicted octanol–water partition coefficient (Wildman–Crippen LogP) is -5.94. The number of carbonyl (C=O) groups is 10. The molecule has 17 N–H and O–H groups in total. The third-order valence-electron chi connectivity index (χ3n) is 11.8. The number of carboxylic acid groups (broad SMARTS) is 1. The second kappa shape index (κ2) is 27.2. The predicted molar refractivity (Wildman–Crippen MR) is 239 cm³/mol. The standard InChI is InChI=1S/C40H67N11O13S2/c1-4-20(2)30-39(62)51-16-8-11-28(51)38(61)50-15-7-10-27(50)36(59)44-24(12-13-29(43)54)34(57)47-26(40(63)64)19-66-65-18-22(42)32(55)49-31(21(3)53)37(60)45-23(9-5-6-14-41)33(56)46-25(17-52)35(58)48-30/h20-28,30-31,52-53H,4-19,41-42H2,1-3H3,(H2,43,54)(H,44,59)(H,45,60)(H,46,56)(H,47,57)(H,48,58)(H,49,55)(H,63,64)/p+2/t20-,21+,22-,23-,24-,25-,26-,27-,28-,30-,31-/m0/s1. The SMILES string of the molecule is CC[C@H](C)[C@@H]1NC(=O)[C@H](CO)NC(=O)[C@H](CCCC[NH3+])NC(=O)[C@H]([C@@H](C)O)NC(=O)[C@@H]([NH3+])CSSC[C@@H](C(=O)O)NC(=O)[C@H](CCC(N)=O)NC(=O)[C@@H]2CCCN2C(=O)[C@@H]2CCCN2C1=O. The molecule has 0 unspecified atom stereocenters. The minimum Gasteiger partial charge on any atom is -0.480 e. The number of primary amides is 1. The van der Waals surface area contributed by atoms with Crippen LogP contribution in [0.15, 0.2) is 0 Å². The highest BCUT2D eigenvalue weighted by Gasteiger charge is 2.45. The summed E-state index contributed by atoms with van der Waals surface area (Å²) in [5.74, 6) is -9.33. The molecule has 3 saturated heterocycles. The number of unbranched alkanes of at least 4 members (excludes halogenated alkanes) is 1. The minimum atomic E-state index is -1.60. The number of rotatable bonds is 12. The molecule has 0 aromatic carbocycles. The Balaban J connectivity index is 2.03. The van der Waals surface area contributed by atoms with Gasteiger partial charge in [0.1, 0.15) is 48.3 Å². The molecule has 0 spiro atoms. The first-order chi connectivity index (χ1) is 31.2. The Morgan fingerprint density at radius 3 is 1.86 bits per heavy atom. The molecule has 26 heteroatoms. The normalized spacial score (nSPS) is 29.6. The van der Waals surface area contributed by atoms with E-state index < -0.39 is 132 Å². The fourth-order valence-electron chi connectivity index (χ4n) is 7.69. The molecule has 0 bridgehead atoms. The van der Waals surface area contributed by atoms with Gasteiger partial charge in [0.2, 0.25) is 47.3 Å². The van der Waals surface area contributed by atoms with Crippen LogP contribution in [0.1, 0.15) is 85.0 Å². The van der Waals surface area contributed by atoms with Crippen molar-refractivity contribution >= 4 is 80.7 Å². The lowest BCUT2D eigenvalue weighted by Gasteiger charge is -2.35. The average Bonchev–Trinajstić information content (AvgIpc) is 3.98. The van der Waals surface area contributed by atoms with Crippen molar-refractivity contribution in [1.29, 1.82) is 0 Å². The van der Waals surface area contributed by atoms with Crippen LogP contribution in [-0.2, 0) is 47.9 Å². The van der Waals surface area contributed by atoms with Crippen molar-refractivity contribution in [2.45, 2.75) is 145 Å². The number of nitrogens with one attached hydrogen (secondary N) is 6. The molecule has 9 amide bonds. The van der Waals surface area contributed by atoms with E-state index in [4.69, 9.17) is 5.73 Å². The van der Waals surface area contributed by atoms with Crippen LogP contribution in [0.5, 0.6) is 0 Å². The molecule has 0 aromatic rings. The molecular formula is C40H69N11O13S2+2. The molecule has 0 aliphatic carbocycles. The number of aliphatic hydroxyl groups is 2.